The van der Waals surface area contributed by atoms with Gasteiger partial charge in [0.1, 0.15) is 0 Å². The van der Waals surface area contributed by atoms with Crippen LogP contribution in [0.25, 0.3) is 11.0 Å². The van der Waals surface area contributed by atoms with E-state index in [2.05, 4.69) is 33.5 Å². The summed E-state index contributed by atoms with van der Waals surface area (Å²) in [5.74, 6) is 0.633. The van der Waals surface area contributed by atoms with E-state index in [1.165, 1.54) is 5.56 Å². The minimum absolute atomic E-state index is 0.633. The van der Waals surface area contributed by atoms with Gasteiger partial charge in [-0.15, -0.1) is 0 Å². The van der Waals surface area contributed by atoms with Crippen LogP contribution >= 0.6 is 0 Å². The first-order valence-electron chi connectivity index (χ1n) is 6.39. The van der Waals surface area contributed by atoms with E-state index in [1.54, 1.807) is 12.4 Å². The first-order valence-corrected chi connectivity index (χ1v) is 6.39. The van der Waals surface area contributed by atoms with Gasteiger partial charge in [0, 0.05) is 0 Å². The maximum absolute atomic E-state index is 4.44. The molecule has 0 amide bonds. The van der Waals surface area contributed by atoms with Gasteiger partial charge in [0.15, 0.2) is 5.82 Å². The van der Waals surface area contributed by atoms with Gasteiger partial charge in [-0.05, 0) is 30.2 Å². The van der Waals surface area contributed by atoms with E-state index in [0.29, 0.717) is 5.82 Å². The Balaban J connectivity index is 1.78. The van der Waals surface area contributed by atoms with Crippen LogP contribution < -0.4 is 5.43 Å². The van der Waals surface area contributed by atoms with Crippen molar-refractivity contribution in [3.63, 3.8) is 0 Å². The van der Waals surface area contributed by atoms with Crippen molar-refractivity contribution in [2.24, 2.45) is 5.10 Å². The fourth-order valence-corrected chi connectivity index (χ4v) is 1.91. The Bertz CT molecular complexity index is 765. The van der Waals surface area contributed by atoms with Gasteiger partial charge in [-0.3, -0.25) is 10.4 Å². The number of rotatable bonds is 3. The predicted molar refractivity (Wildman–Crippen MR) is 81.9 cm³/mol. The molecule has 4 nitrogen and oxygen atoms in total. The molecule has 0 spiro atoms. The van der Waals surface area contributed by atoms with Crippen molar-refractivity contribution >= 4 is 23.1 Å². The largest absolute Gasteiger partial charge is 0.260 e. The van der Waals surface area contributed by atoms with Crippen LogP contribution in [-0.2, 0) is 0 Å². The number of fused-ring (bicyclic) bond motifs is 1. The summed E-state index contributed by atoms with van der Waals surface area (Å²) < 4.78 is 0. The monoisotopic (exact) mass is 262 g/mol. The van der Waals surface area contributed by atoms with Gasteiger partial charge in [-0.25, -0.2) is 4.98 Å². The molecule has 0 radical (unpaired) electrons. The van der Waals surface area contributed by atoms with Gasteiger partial charge in [0.25, 0.3) is 0 Å². The maximum atomic E-state index is 4.44. The fraction of sp³-hybridized carbons (Fsp3) is 0.0625. The summed E-state index contributed by atoms with van der Waals surface area (Å²) >= 11 is 0. The lowest BCUT2D eigenvalue weighted by Gasteiger charge is -2.01. The van der Waals surface area contributed by atoms with E-state index in [1.807, 2.05) is 42.5 Å². The molecule has 0 fully saturated rings. The first kappa shape index (κ1) is 12.3. The Morgan fingerprint density at radius 3 is 2.60 bits per heavy atom. The second-order valence-corrected chi connectivity index (χ2v) is 4.47. The highest BCUT2D eigenvalue weighted by atomic mass is 15.3. The van der Waals surface area contributed by atoms with Crippen LogP contribution in [-0.4, -0.2) is 16.2 Å². The smallest absolute Gasteiger partial charge is 0.165 e. The maximum Gasteiger partial charge on any atom is 0.165 e. The molecule has 0 aliphatic rings. The highest BCUT2D eigenvalue weighted by Crippen LogP contribution is 2.11. The Labute approximate surface area is 117 Å². The molecule has 2 aromatic carbocycles. The Kier molecular flexibility index (Phi) is 3.37. The number of hydrogen-bond acceptors (Lipinski definition) is 4. The Morgan fingerprint density at radius 2 is 1.75 bits per heavy atom. The van der Waals surface area contributed by atoms with Gasteiger partial charge < -0.3 is 0 Å². The van der Waals surface area contributed by atoms with E-state index < -0.39 is 0 Å². The molecule has 3 rings (SSSR count). The minimum Gasteiger partial charge on any atom is -0.260 e. The predicted octanol–water partition coefficient (Wildman–Crippen LogP) is 3.38. The van der Waals surface area contributed by atoms with Gasteiger partial charge in [0.2, 0.25) is 0 Å². The number of aromatic nitrogens is 2. The number of benzene rings is 2. The zero-order valence-corrected chi connectivity index (χ0v) is 11.1. The minimum atomic E-state index is 0.633. The highest BCUT2D eigenvalue weighted by molar-refractivity contribution is 5.82. The van der Waals surface area contributed by atoms with E-state index in [-0.39, 0.29) is 0 Å². The molecular formula is C16H14N4. The van der Waals surface area contributed by atoms with Crippen LogP contribution in [0.1, 0.15) is 11.1 Å². The zero-order valence-electron chi connectivity index (χ0n) is 11.1. The van der Waals surface area contributed by atoms with Crippen molar-refractivity contribution in [2.75, 3.05) is 5.43 Å². The summed E-state index contributed by atoms with van der Waals surface area (Å²) in [5, 5.41) is 4.20. The second kappa shape index (κ2) is 5.48. The number of anilines is 1. The second-order valence-electron chi connectivity index (χ2n) is 4.47. The Morgan fingerprint density at radius 1 is 1.00 bits per heavy atom. The lowest BCUT2D eigenvalue weighted by molar-refractivity contribution is 1.22. The van der Waals surface area contributed by atoms with Gasteiger partial charge in [-0.1, -0.05) is 36.4 Å². The molecule has 0 aliphatic carbocycles. The van der Waals surface area contributed by atoms with Crippen LogP contribution in [0, 0.1) is 6.92 Å². The zero-order chi connectivity index (χ0) is 13.8. The molecule has 0 unspecified atom stereocenters. The van der Waals surface area contributed by atoms with Crippen LogP contribution in [0.4, 0.5) is 5.82 Å². The average Bonchev–Trinajstić information content (AvgIpc) is 2.49. The number of hydrazone groups is 1. The molecule has 0 aliphatic heterocycles. The first-order chi connectivity index (χ1) is 9.83. The molecule has 0 bridgehead atoms. The summed E-state index contributed by atoms with van der Waals surface area (Å²) in [4.78, 5) is 8.77. The third-order valence-corrected chi connectivity index (χ3v) is 3.02. The third kappa shape index (κ3) is 2.64. The molecule has 4 heteroatoms. The summed E-state index contributed by atoms with van der Waals surface area (Å²) in [7, 11) is 0. The molecular weight excluding hydrogens is 248 g/mol. The summed E-state index contributed by atoms with van der Waals surface area (Å²) in [6, 6.07) is 15.8. The lowest BCUT2D eigenvalue weighted by atomic mass is 10.1. The number of hydrogen-bond donors (Lipinski definition) is 1. The molecule has 1 aromatic heterocycles. The molecule has 3 aromatic rings. The highest BCUT2D eigenvalue weighted by Gasteiger charge is 1.97. The molecule has 20 heavy (non-hydrogen) atoms. The van der Waals surface area contributed by atoms with Crippen LogP contribution in [0.5, 0.6) is 0 Å². The SMILES string of the molecule is Cc1ccccc1/C=N/Nc1cnc2ccccc2n1. The molecule has 1 heterocycles. The van der Waals surface area contributed by atoms with E-state index >= 15 is 0 Å². The van der Waals surface area contributed by atoms with Gasteiger partial charge in [-0.2, -0.15) is 5.10 Å². The average molecular weight is 262 g/mol. The number of para-hydroxylation sites is 2. The van der Waals surface area contributed by atoms with Crippen molar-refractivity contribution in [3.8, 4) is 0 Å². The summed E-state index contributed by atoms with van der Waals surface area (Å²) in [5.41, 5.74) is 6.90. The fourth-order valence-electron chi connectivity index (χ4n) is 1.91. The quantitative estimate of drug-likeness (QED) is 0.581. The Hall–Kier alpha value is -2.75. The number of aryl methyl sites for hydroxylation is 1. The molecule has 1 N–H and O–H groups in total. The third-order valence-electron chi connectivity index (χ3n) is 3.02. The summed E-state index contributed by atoms with van der Waals surface area (Å²) in [6.45, 7) is 2.05. The molecule has 0 atom stereocenters. The van der Waals surface area contributed by atoms with Crippen LogP contribution in [0.2, 0.25) is 0 Å². The standard InChI is InChI=1S/C16H14N4/c1-12-6-2-3-7-13(12)10-18-20-16-11-17-14-8-4-5-9-15(14)19-16/h2-11H,1H3,(H,19,20)/b18-10+. The van der Waals surface area contributed by atoms with Crippen LogP contribution in [0.15, 0.2) is 59.8 Å². The van der Waals surface area contributed by atoms with E-state index in [9.17, 15) is 0 Å². The molecule has 0 saturated heterocycles. The number of nitrogens with zero attached hydrogens (tertiary/aromatic N) is 3. The molecule has 0 saturated carbocycles. The molecule has 98 valence electrons. The van der Waals surface area contributed by atoms with Crippen molar-refractivity contribution in [1.29, 1.82) is 0 Å². The van der Waals surface area contributed by atoms with Gasteiger partial charge >= 0.3 is 0 Å². The normalized spacial score (nSPS) is 11.1. The van der Waals surface area contributed by atoms with Crippen molar-refractivity contribution in [3.05, 3.63) is 65.9 Å². The summed E-state index contributed by atoms with van der Waals surface area (Å²) in [6.07, 6.45) is 3.46. The van der Waals surface area contributed by atoms with Crippen LogP contribution in [0.3, 0.4) is 0 Å². The van der Waals surface area contributed by atoms with Crippen molar-refractivity contribution in [2.45, 2.75) is 6.92 Å². The van der Waals surface area contributed by atoms with E-state index in [4.69, 9.17) is 0 Å². The van der Waals surface area contributed by atoms with Gasteiger partial charge in [0.05, 0.1) is 23.4 Å². The van der Waals surface area contributed by atoms with Crippen molar-refractivity contribution < 1.29 is 0 Å². The number of nitrogens with one attached hydrogen (secondary N) is 1. The van der Waals surface area contributed by atoms with E-state index in [0.717, 1.165) is 16.6 Å². The van der Waals surface area contributed by atoms with Crippen molar-refractivity contribution in [1.82, 2.24) is 9.97 Å². The lowest BCUT2D eigenvalue weighted by Crippen LogP contribution is -1.96. The topological polar surface area (TPSA) is 50.2 Å².